The van der Waals surface area contributed by atoms with Gasteiger partial charge in [-0.2, -0.15) is 0 Å². The molecule has 6 nitrogen and oxygen atoms in total. The quantitative estimate of drug-likeness (QED) is 0.298. The lowest BCUT2D eigenvalue weighted by Gasteiger charge is -2.18. The Bertz CT molecular complexity index is 954. The van der Waals surface area contributed by atoms with Crippen LogP contribution in [0.3, 0.4) is 0 Å². The Morgan fingerprint density at radius 2 is 1.70 bits per heavy atom. The van der Waals surface area contributed by atoms with E-state index in [0.717, 1.165) is 6.26 Å². The Morgan fingerprint density at radius 3 is 2.30 bits per heavy atom. The minimum atomic E-state index is -3.25. The molecule has 0 saturated heterocycles. The molecular formula is C20H26F2IN3O3S. The first-order chi connectivity index (χ1) is 13.7. The molecule has 30 heavy (non-hydrogen) atoms. The zero-order valence-electron chi connectivity index (χ0n) is 17.0. The van der Waals surface area contributed by atoms with E-state index < -0.39 is 15.7 Å². The molecule has 0 saturated carbocycles. The van der Waals surface area contributed by atoms with Gasteiger partial charge in [0.2, 0.25) is 0 Å². The maximum atomic E-state index is 13.6. The highest BCUT2D eigenvalue weighted by molar-refractivity contribution is 14.0. The molecule has 0 spiro atoms. The summed E-state index contributed by atoms with van der Waals surface area (Å²) in [5.41, 5.74) is 1.07. The van der Waals surface area contributed by atoms with E-state index in [1.165, 1.54) is 30.3 Å². The number of nitrogens with one attached hydrogen (secondary N) is 2. The van der Waals surface area contributed by atoms with Crippen molar-refractivity contribution in [2.24, 2.45) is 4.99 Å². The van der Waals surface area contributed by atoms with Crippen LogP contribution >= 0.6 is 24.0 Å². The molecule has 0 aliphatic heterocycles. The number of sulfone groups is 1. The van der Waals surface area contributed by atoms with E-state index in [9.17, 15) is 17.2 Å². The summed E-state index contributed by atoms with van der Waals surface area (Å²) in [6.45, 7) is 2.46. The summed E-state index contributed by atoms with van der Waals surface area (Å²) in [6, 6.07) is 9.76. The molecule has 166 valence electrons. The van der Waals surface area contributed by atoms with Crippen molar-refractivity contribution in [1.82, 2.24) is 10.6 Å². The molecule has 0 heterocycles. The number of ether oxygens (including phenoxy) is 1. The van der Waals surface area contributed by atoms with Crippen LogP contribution in [0, 0.1) is 11.6 Å². The van der Waals surface area contributed by atoms with Crippen LogP contribution in [0.5, 0.6) is 5.75 Å². The Morgan fingerprint density at radius 1 is 1.07 bits per heavy atom. The first-order valence-corrected chi connectivity index (χ1v) is 11.0. The van der Waals surface area contributed by atoms with Gasteiger partial charge in [-0.1, -0.05) is 6.07 Å². The minimum absolute atomic E-state index is 0. The zero-order valence-corrected chi connectivity index (χ0v) is 20.1. The summed E-state index contributed by atoms with van der Waals surface area (Å²) in [6.07, 6.45) is 0.908. The van der Waals surface area contributed by atoms with Gasteiger partial charge in [-0.15, -0.1) is 24.0 Å². The molecule has 2 aromatic rings. The van der Waals surface area contributed by atoms with Crippen LogP contribution in [0.15, 0.2) is 47.5 Å². The summed E-state index contributed by atoms with van der Waals surface area (Å²) in [7, 11) is -1.66. The van der Waals surface area contributed by atoms with Gasteiger partial charge in [-0.25, -0.2) is 17.2 Å². The zero-order chi connectivity index (χ0) is 21.4. The lowest BCUT2D eigenvalue weighted by atomic mass is 10.1. The standard InChI is InChI=1S/C20H25F2N3O3S.HI/c1-14(28-19-8-6-17(21)7-9-19)11-24-20(23-2)25-12-16-10-18(22)5-4-15(16)13-29(3,26)27;/h4-10,14H,11-13H2,1-3H3,(H2,23,24,25);1H. The van der Waals surface area contributed by atoms with Gasteiger partial charge in [-0.05, 0) is 54.4 Å². The highest BCUT2D eigenvalue weighted by atomic mass is 127. The van der Waals surface area contributed by atoms with Gasteiger partial charge in [0.05, 0.1) is 12.3 Å². The first kappa shape index (κ1) is 26.1. The number of nitrogens with zero attached hydrogens (tertiary/aromatic N) is 1. The molecule has 1 atom stereocenters. The van der Waals surface area contributed by atoms with E-state index in [1.54, 1.807) is 19.2 Å². The van der Waals surface area contributed by atoms with E-state index in [4.69, 9.17) is 4.74 Å². The lowest BCUT2D eigenvalue weighted by Crippen LogP contribution is -2.41. The molecule has 0 aliphatic rings. The molecule has 2 rings (SSSR count). The molecule has 0 amide bonds. The van der Waals surface area contributed by atoms with E-state index >= 15 is 0 Å². The van der Waals surface area contributed by atoms with Crippen LogP contribution in [0.1, 0.15) is 18.1 Å². The molecule has 2 N–H and O–H groups in total. The van der Waals surface area contributed by atoms with Crippen molar-refractivity contribution in [3.05, 3.63) is 65.2 Å². The topological polar surface area (TPSA) is 79.8 Å². The molecule has 1 unspecified atom stereocenters. The molecule has 0 fully saturated rings. The maximum Gasteiger partial charge on any atom is 0.191 e. The largest absolute Gasteiger partial charge is 0.489 e. The van der Waals surface area contributed by atoms with E-state index in [0.29, 0.717) is 29.4 Å². The van der Waals surface area contributed by atoms with Crippen molar-refractivity contribution in [1.29, 1.82) is 0 Å². The predicted octanol–water partition coefficient (Wildman–Crippen LogP) is 3.26. The molecule has 0 radical (unpaired) electrons. The van der Waals surface area contributed by atoms with Gasteiger partial charge in [0.1, 0.15) is 23.5 Å². The van der Waals surface area contributed by atoms with Crippen molar-refractivity contribution in [3.8, 4) is 5.75 Å². The first-order valence-electron chi connectivity index (χ1n) is 8.98. The van der Waals surface area contributed by atoms with Gasteiger partial charge in [0, 0.05) is 19.8 Å². The second-order valence-corrected chi connectivity index (χ2v) is 8.81. The van der Waals surface area contributed by atoms with Crippen molar-refractivity contribution in [2.45, 2.75) is 25.3 Å². The fourth-order valence-corrected chi connectivity index (χ4v) is 3.46. The SMILES string of the molecule is CN=C(NCc1cc(F)ccc1CS(C)(=O)=O)NCC(C)Oc1ccc(F)cc1.I. The number of aliphatic imine (C=N–C) groups is 1. The monoisotopic (exact) mass is 553 g/mol. The van der Waals surface area contributed by atoms with Gasteiger partial charge in [-0.3, -0.25) is 4.99 Å². The predicted molar refractivity (Wildman–Crippen MR) is 125 cm³/mol. The number of rotatable bonds is 8. The smallest absolute Gasteiger partial charge is 0.191 e. The van der Waals surface area contributed by atoms with Crippen LogP contribution < -0.4 is 15.4 Å². The number of hydrogen-bond acceptors (Lipinski definition) is 4. The average molecular weight is 553 g/mol. The van der Waals surface area contributed by atoms with Crippen LogP contribution in [0.4, 0.5) is 8.78 Å². The summed E-state index contributed by atoms with van der Waals surface area (Å²) in [5, 5.41) is 6.12. The minimum Gasteiger partial charge on any atom is -0.489 e. The van der Waals surface area contributed by atoms with Crippen molar-refractivity contribution >= 4 is 39.8 Å². The Hall–Kier alpha value is -1.95. The van der Waals surface area contributed by atoms with Gasteiger partial charge in [0.15, 0.2) is 15.8 Å². The normalized spacial score (nSPS) is 12.6. The second kappa shape index (κ2) is 12.0. The van der Waals surface area contributed by atoms with Gasteiger partial charge < -0.3 is 15.4 Å². The summed E-state index contributed by atoms with van der Waals surface area (Å²) in [5.74, 6) is 0.0605. The van der Waals surface area contributed by atoms with Gasteiger partial charge >= 0.3 is 0 Å². The van der Waals surface area contributed by atoms with Crippen molar-refractivity contribution in [3.63, 3.8) is 0 Å². The van der Waals surface area contributed by atoms with E-state index in [1.807, 2.05) is 6.92 Å². The molecule has 2 aromatic carbocycles. The van der Waals surface area contributed by atoms with Crippen LogP contribution in [-0.4, -0.2) is 40.3 Å². The average Bonchev–Trinajstić information content (AvgIpc) is 2.64. The summed E-state index contributed by atoms with van der Waals surface area (Å²) in [4.78, 5) is 4.10. The summed E-state index contributed by atoms with van der Waals surface area (Å²) >= 11 is 0. The molecule has 0 bridgehead atoms. The lowest BCUT2D eigenvalue weighted by molar-refractivity contribution is 0.223. The van der Waals surface area contributed by atoms with Crippen LogP contribution in [0.25, 0.3) is 0 Å². The highest BCUT2D eigenvalue weighted by Gasteiger charge is 2.12. The van der Waals surface area contributed by atoms with E-state index in [-0.39, 0.29) is 48.2 Å². The second-order valence-electron chi connectivity index (χ2n) is 6.67. The third kappa shape index (κ3) is 9.24. The molecule has 0 aromatic heterocycles. The number of halogens is 3. The molecule has 10 heteroatoms. The highest BCUT2D eigenvalue weighted by Crippen LogP contribution is 2.15. The third-order valence-corrected chi connectivity index (χ3v) is 4.80. The van der Waals surface area contributed by atoms with Crippen molar-refractivity contribution in [2.75, 3.05) is 19.8 Å². The maximum absolute atomic E-state index is 13.6. The fraction of sp³-hybridized carbons (Fsp3) is 0.350. The fourth-order valence-electron chi connectivity index (χ4n) is 2.61. The Labute approximate surface area is 193 Å². The molecular weight excluding hydrogens is 527 g/mol. The Balaban J connectivity index is 0.00000450. The Kier molecular flexibility index (Phi) is 10.5. The van der Waals surface area contributed by atoms with Crippen LogP contribution in [-0.2, 0) is 22.1 Å². The number of guanidine groups is 1. The van der Waals surface area contributed by atoms with Crippen LogP contribution in [0.2, 0.25) is 0 Å². The number of hydrogen-bond donors (Lipinski definition) is 2. The number of benzene rings is 2. The third-order valence-electron chi connectivity index (χ3n) is 3.96. The summed E-state index contributed by atoms with van der Waals surface area (Å²) < 4.78 is 55.4. The van der Waals surface area contributed by atoms with Gasteiger partial charge in [0.25, 0.3) is 0 Å². The molecule has 0 aliphatic carbocycles. The van der Waals surface area contributed by atoms with Crippen molar-refractivity contribution < 1.29 is 21.9 Å². The van der Waals surface area contributed by atoms with E-state index in [2.05, 4.69) is 15.6 Å².